The van der Waals surface area contributed by atoms with Gasteiger partial charge in [0.1, 0.15) is 0 Å². The zero-order valence-corrected chi connectivity index (χ0v) is 10.5. The number of rotatable bonds is 7. The highest BCUT2D eigenvalue weighted by Crippen LogP contribution is 2.02. The molecule has 0 heterocycles. The summed E-state index contributed by atoms with van der Waals surface area (Å²) in [7, 11) is 1.67. The number of amides is 1. The first-order chi connectivity index (χ1) is 8.24. The average molecular weight is 236 g/mol. The molecule has 4 heteroatoms. The Morgan fingerprint density at radius 3 is 2.53 bits per heavy atom. The second kappa shape index (κ2) is 7.81. The van der Waals surface area contributed by atoms with Crippen molar-refractivity contribution in [3.8, 4) is 0 Å². The molecule has 17 heavy (non-hydrogen) atoms. The standard InChI is InChI=1S/C13H20N2O2/c1-11-3-5-12(6-4-11)13(16)15-8-7-14-9-10-17-2/h3-6,14H,7-10H2,1-2H3,(H,15,16). The SMILES string of the molecule is COCCNCCNC(=O)c1ccc(C)cc1. The minimum atomic E-state index is -0.0291. The lowest BCUT2D eigenvalue weighted by Crippen LogP contribution is -2.33. The fraction of sp³-hybridized carbons (Fsp3) is 0.462. The van der Waals surface area contributed by atoms with E-state index in [9.17, 15) is 4.79 Å². The van der Waals surface area contributed by atoms with E-state index in [0.29, 0.717) is 18.7 Å². The molecule has 0 aliphatic heterocycles. The zero-order chi connectivity index (χ0) is 12.5. The van der Waals surface area contributed by atoms with Crippen molar-refractivity contribution in [2.75, 3.05) is 33.4 Å². The molecule has 4 nitrogen and oxygen atoms in total. The summed E-state index contributed by atoms with van der Waals surface area (Å²) in [5, 5.41) is 6.02. The molecule has 0 radical (unpaired) electrons. The molecule has 1 aromatic rings. The maximum absolute atomic E-state index is 11.7. The number of hydrogen-bond donors (Lipinski definition) is 2. The zero-order valence-electron chi connectivity index (χ0n) is 10.5. The fourth-order valence-corrected chi connectivity index (χ4v) is 1.37. The number of carbonyl (C=O) groups excluding carboxylic acids is 1. The van der Waals surface area contributed by atoms with E-state index >= 15 is 0 Å². The van der Waals surface area contributed by atoms with E-state index in [0.717, 1.165) is 18.7 Å². The summed E-state index contributed by atoms with van der Waals surface area (Å²) in [6.45, 7) is 4.86. The van der Waals surface area contributed by atoms with Crippen molar-refractivity contribution in [1.29, 1.82) is 0 Å². The van der Waals surface area contributed by atoms with Crippen LogP contribution in [0.3, 0.4) is 0 Å². The highest BCUT2D eigenvalue weighted by molar-refractivity contribution is 5.94. The molecule has 0 unspecified atom stereocenters. The minimum Gasteiger partial charge on any atom is -0.383 e. The molecular formula is C13H20N2O2. The molecule has 0 bridgehead atoms. The quantitative estimate of drug-likeness (QED) is 0.693. The largest absolute Gasteiger partial charge is 0.383 e. The number of methoxy groups -OCH3 is 1. The first-order valence-electron chi connectivity index (χ1n) is 5.78. The van der Waals surface area contributed by atoms with Crippen LogP contribution in [0.15, 0.2) is 24.3 Å². The summed E-state index contributed by atoms with van der Waals surface area (Å²) in [5.74, 6) is -0.0291. The molecule has 2 N–H and O–H groups in total. The third kappa shape index (κ3) is 5.47. The lowest BCUT2D eigenvalue weighted by Gasteiger charge is -2.06. The Morgan fingerprint density at radius 1 is 1.18 bits per heavy atom. The molecule has 0 spiro atoms. The van der Waals surface area contributed by atoms with Crippen LogP contribution >= 0.6 is 0 Å². The Hall–Kier alpha value is -1.39. The number of hydrogen-bond acceptors (Lipinski definition) is 3. The van der Waals surface area contributed by atoms with Crippen LogP contribution in [-0.4, -0.2) is 39.3 Å². The van der Waals surface area contributed by atoms with E-state index in [2.05, 4.69) is 10.6 Å². The van der Waals surface area contributed by atoms with E-state index in [1.54, 1.807) is 7.11 Å². The van der Waals surface area contributed by atoms with Gasteiger partial charge in [-0.1, -0.05) is 17.7 Å². The average Bonchev–Trinajstić information content (AvgIpc) is 2.34. The Kier molecular flexibility index (Phi) is 6.29. The molecule has 0 fully saturated rings. The van der Waals surface area contributed by atoms with Crippen molar-refractivity contribution in [3.63, 3.8) is 0 Å². The van der Waals surface area contributed by atoms with Crippen LogP contribution in [0, 0.1) is 6.92 Å². The van der Waals surface area contributed by atoms with Crippen molar-refractivity contribution < 1.29 is 9.53 Å². The van der Waals surface area contributed by atoms with Crippen LogP contribution in [0.5, 0.6) is 0 Å². The van der Waals surface area contributed by atoms with Crippen molar-refractivity contribution in [2.45, 2.75) is 6.92 Å². The van der Waals surface area contributed by atoms with Gasteiger partial charge < -0.3 is 15.4 Å². The van der Waals surface area contributed by atoms with Crippen molar-refractivity contribution in [1.82, 2.24) is 10.6 Å². The van der Waals surface area contributed by atoms with Crippen molar-refractivity contribution in [2.24, 2.45) is 0 Å². The van der Waals surface area contributed by atoms with E-state index < -0.39 is 0 Å². The van der Waals surface area contributed by atoms with Gasteiger partial charge in [-0.3, -0.25) is 4.79 Å². The number of benzene rings is 1. The lowest BCUT2D eigenvalue weighted by atomic mass is 10.1. The number of ether oxygens (including phenoxy) is 1. The van der Waals surface area contributed by atoms with Gasteiger partial charge in [-0.25, -0.2) is 0 Å². The molecule has 0 aromatic heterocycles. The molecule has 0 aliphatic carbocycles. The van der Waals surface area contributed by atoms with Crippen LogP contribution in [-0.2, 0) is 4.74 Å². The lowest BCUT2D eigenvalue weighted by molar-refractivity contribution is 0.0953. The first-order valence-corrected chi connectivity index (χ1v) is 5.78. The smallest absolute Gasteiger partial charge is 0.251 e. The first kappa shape index (κ1) is 13.7. The molecule has 1 amide bonds. The summed E-state index contributed by atoms with van der Waals surface area (Å²) in [4.78, 5) is 11.7. The molecule has 0 aliphatic rings. The summed E-state index contributed by atoms with van der Waals surface area (Å²) < 4.78 is 4.90. The maximum Gasteiger partial charge on any atom is 0.251 e. The minimum absolute atomic E-state index is 0.0291. The summed E-state index contributed by atoms with van der Waals surface area (Å²) in [5.41, 5.74) is 1.86. The van der Waals surface area contributed by atoms with Gasteiger partial charge in [0.2, 0.25) is 0 Å². The third-order valence-corrected chi connectivity index (χ3v) is 2.38. The van der Waals surface area contributed by atoms with Gasteiger partial charge in [0.05, 0.1) is 6.61 Å². The highest BCUT2D eigenvalue weighted by Gasteiger charge is 2.02. The number of nitrogens with one attached hydrogen (secondary N) is 2. The molecule has 1 aromatic carbocycles. The second-order valence-corrected chi connectivity index (χ2v) is 3.86. The van der Waals surface area contributed by atoms with E-state index in [4.69, 9.17) is 4.74 Å². The van der Waals surface area contributed by atoms with Gasteiger partial charge in [0.15, 0.2) is 0 Å². The van der Waals surface area contributed by atoms with Gasteiger partial charge in [-0.2, -0.15) is 0 Å². The molecule has 0 saturated heterocycles. The fourth-order valence-electron chi connectivity index (χ4n) is 1.37. The molecular weight excluding hydrogens is 216 g/mol. The highest BCUT2D eigenvalue weighted by atomic mass is 16.5. The predicted molar refractivity (Wildman–Crippen MR) is 68.3 cm³/mol. The Bertz CT molecular complexity index is 336. The van der Waals surface area contributed by atoms with Crippen LogP contribution in [0.25, 0.3) is 0 Å². The van der Waals surface area contributed by atoms with Gasteiger partial charge in [0.25, 0.3) is 5.91 Å². The molecule has 1 rings (SSSR count). The van der Waals surface area contributed by atoms with Crippen molar-refractivity contribution >= 4 is 5.91 Å². The van der Waals surface area contributed by atoms with E-state index in [1.165, 1.54) is 0 Å². The van der Waals surface area contributed by atoms with Crippen LogP contribution in [0.2, 0.25) is 0 Å². The van der Waals surface area contributed by atoms with Gasteiger partial charge in [0, 0.05) is 32.3 Å². The molecule has 94 valence electrons. The van der Waals surface area contributed by atoms with Gasteiger partial charge >= 0.3 is 0 Å². The Labute approximate surface area is 102 Å². The molecule has 0 atom stereocenters. The third-order valence-electron chi connectivity index (χ3n) is 2.38. The predicted octanol–water partition coefficient (Wildman–Crippen LogP) is 0.961. The van der Waals surface area contributed by atoms with E-state index in [-0.39, 0.29) is 5.91 Å². The summed E-state index contributed by atoms with van der Waals surface area (Å²) >= 11 is 0. The monoisotopic (exact) mass is 236 g/mol. The topological polar surface area (TPSA) is 50.4 Å². The van der Waals surface area contributed by atoms with Gasteiger partial charge in [-0.05, 0) is 19.1 Å². The van der Waals surface area contributed by atoms with Gasteiger partial charge in [-0.15, -0.1) is 0 Å². The van der Waals surface area contributed by atoms with Crippen molar-refractivity contribution in [3.05, 3.63) is 35.4 Å². The Balaban J connectivity index is 2.19. The van der Waals surface area contributed by atoms with Crippen LogP contribution in [0.4, 0.5) is 0 Å². The normalized spacial score (nSPS) is 10.2. The second-order valence-electron chi connectivity index (χ2n) is 3.86. The van der Waals surface area contributed by atoms with Crippen LogP contribution in [0.1, 0.15) is 15.9 Å². The summed E-state index contributed by atoms with van der Waals surface area (Å²) in [6.07, 6.45) is 0. The maximum atomic E-state index is 11.7. The summed E-state index contributed by atoms with van der Waals surface area (Å²) in [6, 6.07) is 7.55. The van der Waals surface area contributed by atoms with Crippen LogP contribution < -0.4 is 10.6 Å². The molecule has 0 saturated carbocycles. The number of carbonyl (C=O) groups is 1. The number of aryl methyl sites for hydroxylation is 1. The van der Waals surface area contributed by atoms with E-state index in [1.807, 2.05) is 31.2 Å². The Morgan fingerprint density at radius 2 is 1.88 bits per heavy atom.